The fourth-order valence-corrected chi connectivity index (χ4v) is 3.25. The van der Waals surface area contributed by atoms with Gasteiger partial charge in [-0.25, -0.2) is 0 Å². The summed E-state index contributed by atoms with van der Waals surface area (Å²) in [5.41, 5.74) is 2.14. The molecule has 0 N–H and O–H groups in total. The molecule has 3 rings (SSSR count). The maximum Gasteiger partial charge on any atom is 0.276 e. The normalized spacial score (nSPS) is 18.5. The Morgan fingerprint density at radius 3 is 2.81 bits per heavy atom. The Hall–Kier alpha value is -1.82. The quantitative estimate of drug-likeness (QED) is 0.855. The van der Waals surface area contributed by atoms with Crippen LogP contribution < -0.4 is 0 Å². The largest absolute Gasteiger partial charge is 0.361 e. The van der Waals surface area contributed by atoms with Crippen LogP contribution >= 0.6 is 11.6 Å². The van der Waals surface area contributed by atoms with Crippen molar-refractivity contribution in [2.24, 2.45) is 7.05 Å². The molecular weight excluding hydrogens is 292 g/mol. The number of nitrogens with zero attached hydrogens (tertiary/aromatic N) is 4. The van der Waals surface area contributed by atoms with Crippen molar-refractivity contribution in [1.29, 1.82) is 0 Å². The minimum atomic E-state index is -0.117. The van der Waals surface area contributed by atoms with Crippen molar-refractivity contribution in [2.45, 2.75) is 32.7 Å². The van der Waals surface area contributed by atoms with Crippen LogP contribution in [0.3, 0.4) is 0 Å². The summed E-state index contributed by atoms with van der Waals surface area (Å²) in [6, 6.07) is 1.62. The lowest BCUT2D eigenvalue weighted by Gasteiger charge is -2.24. The van der Waals surface area contributed by atoms with E-state index in [1.165, 1.54) is 0 Å². The van der Waals surface area contributed by atoms with Gasteiger partial charge in [0.15, 0.2) is 5.69 Å². The second kappa shape index (κ2) is 5.18. The van der Waals surface area contributed by atoms with Crippen LogP contribution in [0, 0.1) is 13.8 Å². The lowest BCUT2D eigenvalue weighted by Crippen LogP contribution is -2.31. The Bertz CT molecular complexity index is 691. The van der Waals surface area contributed by atoms with Crippen molar-refractivity contribution >= 4 is 17.5 Å². The molecule has 6 nitrogen and oxygen atoms in total. The van der Waals surface area contributed by atoms with E-state index in [4.69, 9.17) is 16.1 Å². The average Bonchev–Trinajstić information content (AvgIpc) is 3.11. The average molecular weight is 309 g/mol. The number of aromatic nitrogens is 3. The van der Waals surface area contributed by atoms with Gasteiger partial charge < -0.3 is 9.42 Å². The zero-order chi connectivity index (χ0) is 15.1. The van der Waals surface area contributed by atoms with E-state index in [2.05, 4.69) is 10.3 Å². The number of carbonyl (C=O) groups is 1. The summed E-state index contributed by atoms with van der Waals surface area (Å²) in [5, 5.41) is 8.75. The first-order valence-corrected chi connectivity index (χ1v) is 7.30. The van der Waals surface area contributed by atoms with Gasteiger partial charge in [0.05, 0.1) is 11.7 Å². The summed E-state index contributed by atoms with van der Waals surface area (Å²) in [6.07, 6.45) is 1.83. The van der Waals surface area contributed by atoms with Crippen LogP contribution in [0.4, 0.5) is 0 Å². The lowest BCUT2D eigenvalue weighted by atomic mass is 10.1. The molecular formula is C14H17ClN4O2. The van der Waals surface area contributed by atoms with Gasteiger partial charge in [-0.05, 0) is 26.7 Å². The topological polar surface area (TPSA) is 64.2 Å². The molecule has 2 aromatic heterocycles. The Labute approximate surface area is 127 Å². The van der Waals surface area contributed by atoms with Crippen molar-refractivity contribution in [3.05, 3.63) is 33.9 Å². The van der Waals surface area contributed by atoms with Gasteiger partial charge in [-0.2, -0.15) is 5.10 Å². The van der Waals surface area contributed by atoms with Crippen LogP contribution in [-0.4, -0.2) is 32.3 Å². The van der Waals surface area contributed by atoms with Gasteiger partial charge in [-0.15, -0.1) is 0 Å². The minimum absolute atomic E-state index is 0.0456. The number of carbonyl (C=O) groups excluding carboxylic acids is 1. The SMILES string of the molecule is Cc1cc(C(=O)N2CCC[C@@H]2c2c(C)nn(C)c2Cl)no1. The smallest absolute Gasteiger partial charge is 0.276 e. The molecule has 0 aromatic carbocycles. The maximum atomic E-state index is 12.6. The monoisotopic (exact) mass is 308 g/mol. The van der Waals surface area contributed by atoms with Gasteiger partial charge in [0.1, 0.15) is 10.9 Å². The highest BCUT2D eigenvalue weighted by molar-refractivity contribution is 6.30. The molecule has 0 bridgehead atoms. The predicted octanol–water partition coefficient (Wildman–Crippen LogP) is 2.66. The maximum absolute atomic E-state index is 12.6. The summed E-state index contributed by atoms with van der Waals surface area (Å²) in [6.45, 7) is 4.38. The fourth-order valence-electron chi connectivity index (χ4n) is 2.95. The van der Waals surface area contributed by atoms with Crippen molar-refractivity contribution in [1.82, 2.24) is 19.8 Å². The van der Waals surface area contributed by atoms with E-state index >= 15 is 0 Å². The van der Waals surface area contributed by atoms with E-state index in [-0.39, 0.29) is 11.9 Å². The molecule has 2 aromatic rings. The van der Waals surface area contributed by atoms with Gasteiger partial charge in [-0.3, -0.25) is 9.48 Å². The molecule has 0 unspecified atom stereocenters. The molecule has 3 heterocycles. The molecule has 21 heavy (non-hydrogen) atoms. The predicted molar refractivity (Wildman–Crippen MR) is 77.2 cm³/mol. The molecule has 1 aliphatic heterocycles. The van der Waals surface area contributed by atoms with Crippen molar-refractivity contribution in [3.8, 4) is 0 Å². The van der Waals surface area contributed by atoms with E-state index < -0.39 is 0 Å². The third-order valence-corrected chi connectivity index (χ3v) is 4.34. The fraction of sp³-hybridized carbons (Fsp3) is 0.500. The van der Waals surface area contributed by atoms with Gasteiger partial charge in [0.2, 0.25) is 0 Å². The lowest BCUT2D eigenvalue weighted by molar-refractivity contribution is 0.0725. The Kier molecular flexibility index (Phi) is 3.49. The third-order valence-electron chi connectivity index (χ3n) is 3.89. The Morgan fingerprint density at radius 2 is 2.24 bits per heavy atom. The minimum Gasteiger partial charge on any atom is -0.361 e. The second-order valence-electron chi connectivity index (χ2n) is 5.39. The molecule has 1 atom stereocenters. The van der Waals surface area contributed by atoms with Crippen LogP contribution in [0.25, 0.3) is 0 Å². The van der Waals surface area contributed by atoms with Crippen LogP contribution in [0.2, 0.25) is 5.15 Å². The number of aryl methyl sites for hydroxylation is 3. The first kappa shape index (κ1) is 14.1. The number of amides is 1. The summed E-state index contributed by atoms with van der Waals surface area (Å²) >= 11 is 6.34. The second-order valence-corrected chi connectivity index (χ2v) is 5.75. The first-order chi connectivity index (χ1) is 9.99. The number of hydrogen-bond acceptors (Lipinski definition) is 4. The van der Waals surface area contributed by atoms with Crippen molar-refractivity contribution in [2.75, 3.05) is 6.54 Å². The van der Waals surface area contributed by atoms with Crippen LogP contribution in [0.15, 0.2) is 10.6 Å². The molecule has 1 saturated heterocycles. The molecule has 7 heteroatoms. The summed E-state index contributed by atoms with van der Waals surface area (Å²) < 4.78 is 6.64. The van der Waals surface area contributed by atoms with E-state index in [0.717, 1.165) is 24.1 Å². The van der Waals surface area contributed by atoms with Gasteiger partial charge in [0.25, 0.3) is 5.91 Å². The van der Waals surface area contributed by atoms with Crippen molar-refractivity contribution in [3.63, 3.8) is 0 Å². The molecule has 0 spiro atoms. The van der Waals surface area contributed by atoms with E-state index in [9.17, 15) is 4.79 Å². The highest BCUT2D eigenvalue weighted by atomic mass is 35.5. The van der Waals surface area contributed by atoms with Crippen LogP contribution in [0.1, 0.15) is 46.4 Å². The Balaban J connectivity index is 1.94. The molecule has 0 radical (unpaired) electrons. The highest BCUT2D eigenvalue weighted by Gasteiger charge is 2.35. The van der Waals surface area contributed by atoms with Crippen LogP contribution in [0.5, 0.6) is 0 Å². The number of hydrogen-bond donors (Lipinski definition) is 0. The molecule has 0 aliphatic carbocycles. The molecule has 112 valence electrons. The summed E-state index contributed by atoms with van der Waals surface area (Å²) in [5.74, 6) is 0.512. The summed E-state index contributed by atoms with van der Waals surface area (Å²) in [7, 11) is 1.81. The van der Waals surface area contributed by atoms with Crippen molar-refractivity contribution < 1.29 is 9.32 Å². The van der Waals surface area contributed by atoms with Gasteiger partial charge in [-0.1, -0.05) is 16.8 Å². The number of likely N-dealkylation sites (tertiary alicyclic amines) is 1. The third kappa shape index (κ3) is 2.33. The molecule has 1 amide bonds. The summed E-state index contributed by atoms with van der Waals surface area (Å²) in [4.78, 5) is 14.4. The first-order valence-electron chi connectivity index (χ1n) is 6.92. The zero-order valence-electron chi connectivity index (χ0n) is 12.3. The molecule has 1 aliphatic rings. The van der Waals surface area contributed by atoms with Crippen LogP contribution in [-0.2, 0) is 7.05 Å². The molecule has 0 saturated carbocycles. The zero-order valence-corrected chi connectivity index (χ0v) is 13.0. The number of rotatable bonds is 2. The number of halogens is 1. The van der Waals surface area contributed by atoms with Gasteiger partial charge >= 0.3 is 0 Å². The highest BCUT2D eigenvalue weighted by Crippen LogP contribution is 2.38. The van der Waals surface area contributed by atoms with Gasteiger partial charge in [0, 0.05) is 25.2 Å². The van der Waals surface area contributed by atoms with E-state index in [1.54, 1.807) is 24.7 Å². The molecule has 1 fully saturated rings. The van der Waals surface area contributed by atoms with E-state index in [0.29, 0.717) is 23.2 Å². The van der Waals surface area contributed by atoms with E-state index in [1.807, 2.05) is 11.8 Å². The Morgan fingerprint density at radius 1 is 1.48 bits per heavy atom. The standard InChI is InChI=1S/C14H17ClN4O2/c1-8-7-10(17-21-8)14(20)19-6-4-5-11(19)12-9(2)16-18(3)13(12)15/h7,11H,4-6H2,1-3H3/t11-/m1/s1.